The number of aromatic nitrogens is 3. The second-order valence-electron chi connectivity index (χ2n) is 8.15. The van der Waals surface area contributed by atoms with Crippen molar-refractivity contribution in [1.29, 1.82) is 0 Å². The summed E-state index contributed by atoms with van der Waals surface area (Å²) in [6.07, 6.45) is 4.51. The Balaban J connectivity index is 1.33. The molecule has 1 amide bonds. The zero-order chi connectivity index (χ0) is 21.4. The first-order chi connectivity index (χ1) is 15.0. The molecule has 2 aliphatic rings. The number of hydrogen-bond donors (Lipinski definition) is 3. The summed E-state index contributed by atoms with van der Waals surface area (Å²) in [6, 6.07) is 5.49. The van der Waals surface area contributed by atoms with E-state index >= 15 is 0 Å². The average Bonchev–Trinajstić information content (AvgIpc) is 3.10. The summed E-state index contributed by atoms with van der Waals surface area (Å²) >= 11 is 0. The number of nitrogens with one attached hydrogen (secondary N) is 3. The SMILES string of the molecule is O=C1NCCOc2cc(-c3c[nH]c4nc(NCC5CCC(F)(F)CC5)ncc34)ccc21. The van der Waals surface area contributed by atoms with Gasteiger partial charge in [0.2, 0.25) is 11.9 Å². The van der Waals surface area contributed by atoms with E-state index in [-0.39, 0.29) is 24.7 Å². The molecule has 1 aliphatic carbocycles. The Hall–Kier alpha value is -3.23. The van der Waals surface area contributed by atoms with Crippen LogP contribution in [0, 0.1) is 5.92 Å². The first kappa shape index (κ1) is 19.7. The number of nitrogens with zero attached hydrogens (tertiary/aromatic N) is 2. The average molecular weight is 427 g/mol. The predicted molar refractivity (Wildman–Crippen MR) is 113 cm³/mol. The number of ether oxygens (including phenoxy) is 1. The number of amides is 1. The number of anilines is 1. The Labute approximate surface area is 177 Å². The maximum atomic E-state index is 13.3. The van der Waals surface area contributed by atoms with Gasteiger partial charge in [0, 0.05) is 42.7 Å². The third-order valence-corrected chi connectivity index (χ3v) is 6.00. The molecule has 0 atom stereocenters. The highest BCUT2D eigenvalue weighted by Gasteiger charge is 2.34. The molecule has 162 valence electrons. The molecule has 2 aromatic heterocycles. The van der Waals surface area contributed by atoms with Crippen molar-refractivity contribution in [3.63, 3.8) is 0 Å². The topological polar surface area (TPSA) is 91.9 Å². The van der Waals surface area contributed by atoms with E-state index in [2.05, 4.69) is 25.6 Å². The van der Waals surface area contributed by atoms with Crippen LogP contribution in [0.25, 0.3) is 22.2 Å². The summed E-state index contributed by atoms with van der Waals surface area (Å²) in [5.41, 5.74) is 3.00. The van der Waals surface area contributed by atoms with E-state index in [9.17, 15) is 13.6 Å². The van der Waals surface area contributed by atoms with Crippen LogP contribution in [-0.2, 0) is 0 Å². The highest BCUT2D eigenvalue weighted by atomic mass is 19.3. The minimum absolute atomic E-state index is 0.0502. The number of carbonyl (C=O) groups is 1. The van der Waals surface area contributed by atoms with Gasteiger partial charge in [-0.1, -0.05) is 6.07 Å². The third kappa shape index (κ3) is 4.04. The number of carbonyl (C=O) groups excluding carboxylic acids is 1. The number of benzene rings is 1. The van der Waals surface area contributed by atoms with Crippen LogP contribution in [0.1, 0.15) is 36.0 Å². The van der Waals surface area contributed by atoms with E-state index in [0.29, 0.717) is 55.4 Å². The highest BCUT2D eigenvalue weighted by molar-refractivity contribution is 5.99. The lowest BCUT2D eigenvalue weighted by Crippen LogP contribution is -2.28. The van der Waals surface area contributed by atoms with Crippen molar-refractivity contribution in [1.82, 2.24) is 20.3 Å². The molecule has 3 N–H and O–H groups in total. The number of halogens is 2. The largest absolute Gasteiger partial charge is 0.491 e. The summed E-state index contributed by atoms with van der Waals surface area (Å²) in [5.74, 6) is -1.43. The Morgan fingerprint density at radius 1 is 1.23 bits per heavy atom. The molecule has 5 rings (SSSR count). The Morgan fingerprint density at radius 2 is 2.06 bits per heavy atom. The van der Waals surface area contributed by atoms with E-state index in [4.69, 9.17) is 4.74 Å². The van der Waals surface area contributed by atoms with Crippen molar-refractivity contribution >= 4 is 22.9 Å². The lowest BCUT2D eigenvalue weighted by atomic mass is 9.87. The lowest BCUT2D eigenvalue weighted by molar-refractivity contribution is -0.0443. The first-order valence-electron chi connectivity index (χ1n) is 10.5. The standard InChI is InChI=1S/C22H23F2N5O2/c23-22(24)5-3-13(4-6-22)10-27-21-28-12-17-16(11-26-19(17)29-21)14-1-2-15-18(9-14)31-8-7-25-20(15)30/h1-2,9,11-13H,3-8,10H2,(H,25,30)(H2,26,27,28,29). The van der Waals surface area contributed by atoms with Gasteiger partial charge in [-0.2, -0.15) is 4.98 Å². The molecule has 7 nitrogen and oxygen atoms in total. The molecule has 0 unspecified atom stereocenters. The first-order valence-corrected chi connectivity index (χ1v) is 10.5. The van der Waals surface area contributed by atoms with Crippen LogP contribution in [0.2, 0.25) is 0 Å². The molecule has 1 aliphatic heterocycles. The van der Waals surface area contributed by atoms with Gasteiger partial charge in [0.05, 0.1) is 12.1 Å². The second kappa shape index (κ2) is 7.79. The predicted octanol–water partition coefficient (Wildman–Crippen LogP) is 3.98. The van der Waals surface area contributed by atoms with E-state index in [1.165, 1.54) is 0 Å². The summed E-state index contributed by atoms with van der Waals surface area (Å²) in [5, 5.41) is 6.83. The number of aromatic amines is 1. The van der Waals surface area contributed by atoms with Crippen molar-refractivity contribution in [3.8, 4) is 16.9 Å². The number of hydrogen-bond acceptors (Lipinski definition) is 5. The Morgan fingerprint density at radius 3 is 2.90 bits per heavy atom. The van der Waals surface area contributed by atoms with E-state index in [1.807, 2.05) is 18.3 Å². The number of fused-ring (bicyclic) bond motifs is 2. The van der Waals surface area contributed by atoms with Crippen molar-refractivity contribution in [2.45, 2.75) is 31.6 Å². The molecule has 3 heterocycles. The minimum atomic E-state index is -2.52. The molecule has 0 spiro atoms. The van der Waals surface area contributed by atoms with Crippen LogP contribution in [-0.4, -0.2) is 46.5 Å². The van der Waals surface area contributed by atoms with E-state index in [1.54, 1.807) is 12.3 Å². The fraction of sp³-hybridized carbons (Fsp3) is 0.409. The highest BCUT2D eigenvalue weighted by Crippen LogP contribution is 2.36. The number of H-pyrrole nitrogens is 1. The molecule has 31 heavy (non-hydrogen) atoms. The number of rotatable bonds is 4. The molecule has 0 saturated heterocycles. The molecular formula is C22H23F2N5O2. The van der Waals surface area contributed by atoms with Crippen molar-refractivity contribution < 1.29 is 18.3 Å². The lowest BCUT2D eigenvalue weighted by Gasteiger charge is -2.28. The third-order valence-electron chi connectivity index (χ3n) is 6.00. The zero-order valence-electron chi connectivity index (χ0n) is 16.9. The second-order valence-corrected chi connectivity index (χ2v) is 8.15. The van der Waals surface area contributed by atoms with E-state index in [0.717, 1.165) is 16.5 Å². The zero-order valence-corrected chi connectivity index (χ0v) is 16.9. The number of alkyl halides is 2. The van der Waals surface area contributed by atoms with Gasteiger partial charge in [0.1, 0.15) is 18.0 Å². The Kier molecular flexibility index (Phi) is 4.95. The molecule has 0 bridgehead atoms. The maximum Gasteiger partial charge on any atom is 0.255 e. The molecule has 9 heteroatoms. The van der Waals surface area contributed by atoms with Gasteiger partial charge in [-0.3, -0.25) is 4.79 Å². The van der Waals surface area contributed by atoms with Gasteiger partial charge >= 0.3 is 0 Å². The van der Waals surface area contributed by atoms with Crippen molar-refractivity contribution in [3.05, 3.63) is 36.2 Å². The van der Waals surface area contributed by atoms with Gasteiger partial charge in [0.25, 0.3) is 5.91 Å². The van der Waals surface area contributed by atoms with Gasteiger partial charge in [-0.15, -0.1) is 0 Å². The quantitative estimate of drug-likeness (QED) is 0.586. The normalized spacial score (nSPS) is 18.7. The fourth-order valence-corrected chi connectivity index (χ4v) is 4.19. The van der Waals surface area contributed by atoms with Crippen LogP contribution in [0.5, 0.6) is 5.75 Å². The van der Waals surface area contributed by atoms with Crippen LogP contribution in [0.4, 0.5) is 14.7 Å². The Bertz CT molecular complexity index is 1120. The van der Waals surface area contributed by atoms with Crippen LogP contribution in [0.15, 0.2) is 30.6 Å². The van der Waals surface area contributed by atoms with Crippen molar-refractivity contribution in [2.75, 3.05) is 25.0 Å². The molecule has 1 saturated carbocycles. The van der Waals surface area contributed by atoms with Gasteiger partial charge in [-0.25, -0.2) is 13.8 Å². The summed E-state index contributed by atoms with van der Waals surface area (Å²) in [6.45, 7) is 1.48. The van der Waals surface area contributed by atoms with Crippen molar-refractivity contribution in [2.24, 2.45) is 5.92 Å². The van der Waals surface area contributed by atoms with Gasteiger partial charge in [-0.05, 0) is 36.5 Å². The van der Waals surface area contributed by atoms with Crippen LogP contribution < -0.4 is 15.4 Å². The van der Waals surface area contributed by atoms with Gasteiger partial charge < -0.3 is 20.4 Å². The summed E-state index contributed by atoms with van der Waals surface area (Å²) < 4.78 is 32.3. The van der Waals surface area contributed by atoms with Crippen LogP contribution >= 0.6 is 0 Å². The smallest absolute Gasteiger partial charge is 0.255 e. The van der Waals surface area contributed by atoms with Gasteiger partial charge in [0.15, 0.2) is 0 Å². The van der Waals surface area contributed by atoms with Crippen LogP contribution in [0.3, 0.4) is 0 Å². The summed E-state index contributed by atoms with van der Waals surface area (Å²) in [7, 11) is 0. The molecule has 1 fully saturated rings. The molecular weight excluding hydrogens is 404 g/mol. The maximum absolute atomic E-state index is 13.3. The van der Waals surface area contributed by atoms with E-state index < -0.39 is 5.92 Å². The minimum Gasteiger partial charge on any atom is -0.491 e. The fourth-order valence-electron chi connectivity index (χ4n) is 4.19. The molecule has 1 aromatic carbocycles. The monoisotopic (exact) mass is 427 g/mol. The summed E-state index contributed by atoms with van der Waals surface area (Å²) in [4.78, 5) is 24.2. The molecule has 0 radical (unpaired) electrons. The molecule has 3 aromatic rings.